The summed E-state index contributed by atoms with van der Waals surface area (Å²) < 4.78 is 28.1. The topological polar surface area (TPSA) is 37.3 Å². The Labute approximate surface area is 132 Å². The third-order valence-electron chi connectivity index (χ3n) is 5.74. The van der Waals surface area contributed by atoms with E-state index in [1.165, 1.54) is 6.07 Å². The van der Waals surface area contributed by atoms with Crippen LogP contribution in [0.15, 0.2) is 24.3 Å². The van der Waals surface area contributed by atoms with Crippen molar-refractivity contribution >= 4 is 7.37 Å². The molecule has 122 valence electrons. The summed E-state index contributed by atoms with van der Waals surface area (Å²) in [6.07, 6.45) is 9.09. The highest BCUT2D eigenvalue weighted by Gasteiger charge is 2.53. The van der Waals surface area contributed by atoms with E-state index >= 15 is 0 Å². The minimum atomic E-state index is -3.46. The first-order chi connectivity index (χ1) is 10.6. The normalized spacial score (nSPS) is 25.5. The SMILES string of the molecule is O=P(O)(C1CCCCC1)C1(c2ccccc2F)CCCCC1. The molecular weight excluding hydrogens is 298 g/mol. The molecule has 2 nitrogen and oxygen atoms in total. The van der Waals surface area contributed by atoms with Crippen LogP contribution in [0.2, 0.25) is 0 Å². The van der Waals surface area contributed by atoms with E-state index in [4.69, 9.17) is 0 Å². The van der Waals surface area contributed by atoms with Crippen molar-refractivity contribution in [3.63, 3.8) is 0 Å². The average Bonchev–Trinajstić information content (AvgIpc) is 2.56. The van der Waals surface area contributed by atoms with Crippen molar-refractivity contribution in [2.75, 3.05) is 0 Å². The molecule has 3 rings (SSSR count). The van der Waals surface area contributed by atoms with Gasteiger partial charge in [-0.25, -0.2) is 4.39 Å². The lowest BCUT2D eigenvalue weighted by Crippen LogP contribution is -2.35. The molecule has 2 saturated carbocycles. The zero-order valence-corrected chi connectivity index (χ0v) is 14.0. The fraction of sp³-hybridized carbons (Fsp3) is 0.667. The van der Waals surface area contributed by atoms with Crippen molar-refractivity contribution in [1.82, 2.24) is 0 Å². The molecule has 0 spiro atoms. The van der Waals surface area contributed by atoms with Crippen molar-refractivity contribution in [3.05, 3.63) is 35.6 Å². The fourth-order valence-electron chi connectivity index (χ4n) is 4.52. The highest BCUT2D eigenvalue weighted by atomic mass is 31.2. The standard InChI is InChI=1S/C18H26FO2P/c19-17-12-6-5-11-16(17)18(13-7-2-8-14-18)22(20,21)15-9-3-1-4-10-15/h5-6,11-12,15H,1-4,7-10,13-14H2,(H,20,21). The molecule has 0 aromatic heterocycles. The summed E-state index contributed by atoms with van der Waals surface area (Å²) >= 11 is 0. The maximum atomic E-state index is 14.5. The fourth-order valence-corrected chi connectivity index (χ4v) is 7.77. The molecule has 1 unspecified atom stereocenters. The molecule has 0 saturated heterocycles. The Morgan fingerprint density at radius 1 is 1.00 bits per heavy atom. The lowest BCUT2D eigenvalue weighted by molar-refractivity contribution is 0.315. The summed E-state index contributed by atoms with van der Waals surface area (Å²) in [6, 6.07) is 6.65. The minimum Gasteiger partial charge on any atom is -0.343 e. The third-order valence-corrected chi connectivity index (χ3v) is 9.16. The molecule has 1 N–H and O–H groups in total. The Morgan fingerprint density at radius 3 is 2.23 bits per heavy atom. The summed E-state index contributed by atoms with van der Waals surface area (Å²) in [4.78, 5) is 11.2. The number of rotatable bonds is 3. The van der Waals surface area contributed by atoms with Crippen LogP contribution in [0.4, 0.5) is 4.39 Å². The second-order valence-corrected chi connectivity index (χ2v) is 9.82. The molecule has 0 heterocycles. The van der Waals surface area contributed by atoms with E-state index in [9.17, 15) is 13.8 Å². The van der Waals surface area contributed by atoms with Gasteiger partial charge in [-0.3, -0.25) is 4.57 Å². The Kier molecular flexibility index (Phi) is 4.75. The van der Waals surface area contributed by atoms with Crippen molar-refractivity contribution < 1.29 is 13.8 Å². The van der Waals surface area contributed by atoms with E-state index in [0.717, 1.165) is 51.4 Å². The van der Waals surface area contributed by atoms with E-state index in [1.807, 2.05) is 0 Å². The second-order valence-electron chi connectivity index (χ2n) is 6.99. The van der Waals surface area contributed by atoms with Crippen LogP contribution in [0.3, 0.4) is 0 Å². The van der Waals surface area contributed by atoms with Gasteiger partial charge >= 0.3 is 0 Å². The maximum absolute atomic E-state index is 14.5. The van der Waals surface area contributed by atoms with Crippen molar-refractivity contribution in [3.8, 4) is 0 Å². The maximum Gasteiger partial charge on any atom is 0.213 e. The molecule has 0 amide bonds. The predicted octanol–water partition coefficient (Wildman–Crippen LogP) is 5.59. The van der Waals surface area contributed by atoms with E-state index in [-0.39, 0.29) is 11.5 Å². The lowest BCUT2D eigenvalue weighted by Gasteiger charge is -2.45. The molecule has 22 heavy (non-hydrogen) atoms. The van der Waals surface area contributed by atoms with Gasteiger partial charge in [0.25, 0.3) is 0 Å². The van der Waals surface area contributed by atoms with E-state index in [2.05, 4.69) is 0 Å². The van der Waals surface area contributed by atoms with Gasteiger partial charge in [0, 0.05) is 11.2 Å². The van der Waals surface area contributed by atoms with E-state index in [1.54, 1.807) is 18.2 Å². The van der Waals surface area contributed by atoms with Gasteiger partial charge in [-0.05, 0) is 31.7 Å². The van der Waals surface area contributed by atoms with Gasteiger partial charge in [0.2, 0.25) is 7.37 Å². The van der Waals surface area contributed by atoms with Crippen LogP contribution in [0.1, 0.15) is 69.8 Å². The van der Waals surface area contributed by atoms with Crippen molar-refractivity contribution in [2.45, 2.75) is 75.0 Å². The Balaban J connectivity index is 2.05. The summed E-state index contributed by atoms with van der Waals surface area (Å²) in [5, 5.41) is -0.849. The van der Waals surface area contributed by atoms with Gasteiger partial charge in [0.15, 0.2) is 0 Å². The Hall–Kier alpha value is -0.660. The molecule has 1 aromatic carbocycles. The molecular formula is C18H26FO2P. The van der Waals surface area contributed by atoms with Gasteiger partial charge in [-0.15, -0.1) is 0 Å². The summed E-state index contributed by atoms with van der Waals surface area (Å²) in [6.45, 7) is 0. The second kappa shape index (κ2) is 6.45. The van der Waals surface area contributed by atoms with Crippen molar-refractivity contribution in [2.24, 2.45) is 0 Å². The Bertz CT molecular complexity index is 560. The molecule has 0 radical (unpaired) electrons. The molecule has 2 aliphatic carbocycles. The van der Waals surface area contributed by atoms with Crippen LogP contribution in [-0.2, 0) is 9.72 Å². The molecule has 1 aromatic rings. The summed E-state index contributed by atoms with van der Waals surface area (Å²) in [7, 11) is -3.46. The minimum absolute atomic E-state index is 0.140. The highest BCUT2D eigenvalue weighted by molar-refractivity contribution is 7.60. The zero-order chi connectivity index (χ0) is 15.6. The molecule has 0 bridgehead atoms. The Morgan fingerprint density at radius 2 is 1.59 bits per heavy atom. The third kappa shape index (κ3) is 2.67. The van der Waals surface area contributed by atoms with Gasteiger partial charge < -0.3 is 4.89 Å². The number of halogens is 1. The highest BCUT2D eigenvalue weighted by Crippen LogP contribution is 2.71. The summed E-state index contributed by atoms with van der Waals surface area (Å²) in [5.41, 5.74) is 0.352. The van der Waals surface area contributed by atoms with Crippen LogP contribution in [0.5, 0.6) is 0 Å². The molecule has 0 aliphatic heterocycles. The first-order valence-electron chi connectivity index (χ1n) is 8.65. The monoisotopic (exact) mass is 324 g/mol. The number of hydrogen-bond donors (Lipinski definition) is 1. The lowest BCUT2D eigenvalue weighted by atomic mass is 9.82. The quantitative estimate of drug-likeness (QED) is 0.736. The largest absolute Gasteiger partial charge is 0.343 e. The first kappa shape index (κ1) is 16.2. The van der Waals surface area contributed by atoms with E-state index < -0.39 is 12.5 Å². The predicted molar refractivity (Wildman–Crippen MR) is 87.9 cm³/mol. The van der Waals surface area contributed by atoms with Gasteiger partial charge in [-0.2, -0.15) is 0 Å². The molecule has 2 aliphatic rings. The smallest absolute Gasteiger partial charge is 0.213 e. The molecule has 2 fully saturated rings. The molecule has 1 atom stereocenters. The van der Waals surface area contributed by atoms with Gasteiger partial charge in [0.1, 0.15) is 5.82 Å². The first-order valence-corrected chi connectivity index (χ1v) is 10.4. The van der Waals surface area contributed by atoms with Crippen LogP contribution in [0.25, 0.3) is 0 Å². The van der Waals surface area contributed by atoms with Crippen LogP contribution in [0, 0.1) is 5.82 Å². The summed E-state index contributed by atoms with van der Waals surface area (Å²) in [5.74, 6) is -0.311. The van der Waals surface area contributed by atoms with E-state index in [0.29, 0.717) is 18.4 Å². The van der Waals surface area contributed by atoms with Gasteiger partial charge in [0.05, 0.1) is 5.16 Å². The number of benzene rings is 1. The van der Waals surface area contributed by atoms with Crippen LogP contribution < -0.4 is 0 Å². The number of hydrogen-bond acceptors (Lipinski definition) is 1. The molecule has 4 heteroatoms. The van der Waals surface area contributed by atoms with Gasteiger partial charge in [-0.1, -0.05) is 56.7 Å². The average molecular weight is 324 g/mol. The van der Waals surface area contributed by atoms with Crippen LogP contribution >= 0.6 is 7.37 Å². The van der Waals surface area contributed by atoms with Crippen LogP contribution in [-0.4, -0.2) is 10.6 Å². The zero-order valence-electron chi connectivity index (χ0n) is 13.1. The van der Waals surface area contributed by atoms with Crippen molar-refractivity contribution in [1.29, 1.82) is 0 Å².